The Morgan fingerprint density at radius 2 is 1.82 bits per heavy atom. The Hall–Kier alpha value is -1.82. The Morgan fingerprint density at radius 1 is 1.23 bits per heavy atom. The van der Waals surface area contributed by atoms with E-state index in [2.05, 4.69) is 0 Å². The first-order valence-corrected chi connectivity index (χ1v) is 8.68. The number of likely N-dealkylation sites (tertiary alicyclic amines) is 1. The maximum absolute atomic E-state index is 12.1. The van der Waals surface area contributed by atoms with Crippen molar-refractivity contribution in [2.75, 3.05) is 13.1 Å². The molecule has 0 bridgehead atoms. The molecule has 1 aliphatic rings. The van der Waals surface area contributed by atoms with Crippen LogP contribution in [0.5, 0.6) is 0 Å². The van der Waals surface area contributed by atoms with Crippen LogP contribution in [-0.2, 0) is 14.6 Å². The summed E-state index contributed by atoms with van der Waals surface area (Å²) in [6.45, 7) is 6.41. The van der Waals surface area contributed by atoms with Crippen LogP contribution in [0.25, 0.3) is 0 Å². The normalized spacial score (nSPS) is 16.6. The highest BCUT2D eigenvalue weighted by atomic mass is 32.2. The summed E-state index contributed by atoms with van der Waals surface area (Å²) in [5.41, 5.74) is -0.519. The molecule has 0 aliphatic carbocycles. The van der Waals surface area contributed by atoms with E-state index in [0.717, 1.165) is 0 Å². The molecule has 5 nitrogen and oxygen atoms in total. The van der Waals surface area contributed by atoms with Gasteiger partial charge >= 0.3 is 6.09 Å². The summed E-state index contributed by atoms with van der Waals surface area (Å²) in [4.78, 5) is 13.6. The van der Waals surface area contributed by atoms with Crippen molar-refractivity contribution in [1.29, 1.82) is 0 Å². The van der Waals surface area contributed by atoms with Crippen LogP contribution in [0.3, 0.4) is 0 Å². The lowest BCUT2D eigenvalue weighted by Gasteiger charge is -2.38. The molecule has 1 heterocycles. The van der Waals surface area contributed by atoms with E-state index in [9.17, 15) is 13.2 Å². The number of nitrogens with zero attached hydrogens (tertiary/aromatic N) is 1. The monoisotopic (exact) mass is 323 g/mol. The molecule has 1 fully saturated rings. The van der Waals surface area contributed by atoms with Crippen LogP contribution >= 0.6 is 0 Å². The quantitative estimate of drug-likeness (QED) is 0.858. The van der Waals surface area contributed by atoms with E-state index in [1.807, 2.05) is 20.8 Å². The molecular weight excluding hydrogens is 302 g/mol. The van der Waals surface area contributed by atoms with Crippen LogP contribution in [0.4, 0.5) is 4.79 Å². The van der Waals surface area contributed by atoms with E-state index in [0.29, 0.717) is 13.1 Å². The van der Waals surface area contributed by atoms with Gasteiger partial charge in [0.1, 0.15) is 5.60 Å². The number of hydrogen-bond donors (Lipinski definition) is 0. The van der Waals surface area contributed by atoms with Crippen molar-refractivity contribution >= 4 is 15.9 Å². The number of ether oxygens (including phenoxy) is 1. The molecule has 1 aliphatic heterocycles. The highest BCUT2D eigenvalue weighted by Gasteiger charge is 2.32. The first-order chi connectivity index (χ1) is 10.2. The Bertz CT molecular complexity index is 653. The SMILES string of the molecule is CC(C)(C)OC(=O)N1CC(/C=C/S(=O)(=O)c2ccccc2)C1. The molecule has 0 N–H and O–H groups in total. The Kier molecular flexibility index (Phi) is 4.60. The van der Waals surface area contributed by atoms with Gasteiger partial charge in [-0.3, -0.25) is 0 Å². The Labute approximate surface area is 131 Å². The summed E-state index contributed by atoms with van der Waals surface area (Å²) < 4.78 is 29.4. The van der Waals surface area contributed by atoms with E-state index >= 15 is 0 Å². The molecule has 1 amide bonds. The topological polar surface area (TPSA) is 63.7 Å². The van der Waals surface area contributed by atoms with Crippen LogP contribution in [0.1, 0.15) is 20.8 Å². The van der Waals surface area contributed by atoms with Gasteiger partial charge in [-0.05, 0) is 32.9 Å². The molecule has 0 saturated carbocycles. The van der Waals surface area contributed by atoms with E-state index < -0.39 is 15.4 Å². The van der Waals surface area contributed by atoms with Crippen LogP contribution in [0.2, 0.25) is 0 Å². The third-order valence-corrected chi connectivity index (χ3v) is 4.61. The predicted molar refractivity (Wildman–Crippen MR) is 84.1 cm³/mol. The highest BCUT2D eigenvalue weighted by Crippen LogP contribution is 2.21. The maximum atomic E-state index is 12.1. The number of hydrogen-bond acceptors (Lipinski definition) is 4. The molecule has 1 aromatic carbocycles. The van der Waals surface area contributed by atoms with Crippen molar-refractivity contribution in [3.05, 3.63) is 41.8 Å². The van der Waals surface area contributed by atoms with E-state index in [1.165, 1.54) is 5.41 Å². The highest BCUT2D eigenvalue weighted by molar-refractivity contribution is 7.94. The molecule has 0 radical (unpaired) electrons. The number of amides is 1. The van der Waals surface area contributed by atoms with Crippen molar-refractivity contribution in [1.82, 2.24) is 4.90 Å². The lowest BCUT2D eigenvalue weighted by Crippen LogP contribution is -2.50. The molecule has 1 aromatic rings. The number of carbonyl (C=O) groups excluding carboxylic acids is 1. The van der Waals surface area contributed by atoms with E-state index in [4.69, 9.17) is 4.74 Å². The van der Waals surface area contributed by atoms with Gasteiger partial charge < -0.3 is 9.64 Å². The zero-order chi connectivity index (χ0) is 16.4. The number of sulfone groups is 1. The summed E-state index contributed by atoms with van der Waals surface area (Å²) in [7, 11) is -3.41. The summed E-state index contributed by atoms with van der Waals surface area (Å²) in [5, 5.41) is 1.22. The first-order valence-electron chi connectivity index (χ1n) is 7.14. The molecular formula is C16H21NO4S. The minimum absolute atomic E-state index is 0.0472. The van der Waals surface area contributed by atoms with Gasteiger partial charge in [-0.15, -0.1) is 0 Å². The van der Waals surface area contributed by atoms with Crippen LogP contribution in [0.15, 0.2) is 46.7 Å². The summed E-state index contributed by atoms with van der Waals surface area (Å²) in [6, 6.07) is 8.27. The molecule has 6 heteroatoms. The zero-order valence-corrected chi connectivity index (χ0v) is 13.8. The second-order valence-corrected chi connectivity index (χ2v) is 8.17. The third kappa shape index (κ3) is 4.34. The van der Waals surface area contributed by atoms with Gasteiger partial charge in [0.2, 0.25) is 0 Å². The van der Waals surface area contributed by atoms with E-state index in [1.54, 1.807) is 41.3 Å². The lowest BCUT2D eigenvalue weighted by atomic mass is 10.0. The van der Waals surface area contributed by atoms with Crippen LogP contribution in [-0.4, -0.2) is 38.1 Å². The largest absolute Gasteiger partial charge is 0.444 e. The molecule has 1 saturated heterocycles. The Balaban J connectivity index is 1.89. The first kappa shape index (κ1) is 16.5. The van der Waals surface area contributed by atoms with Gasteiger partial charge in [0.25, 0.3) is 0 Å². The van der Waals surface area contributed by atoms with Crippen LogP contribution in [0, 0.1) is 5.92 Å². The smallest absolute Gasteiger partial charge is 0.410 e. The zero-order valence-electron chi connectivity index (χ0n) is 13.0. The molecule has 120 valence electrons. The molecule has 0 atom stereocenters. The predicted octanol–water partition coefficient (Wildman–Crippen LogP) is 2.84. The summed E-state index contributed by atoms with van der Waals surface area (Å²) in [6.07, 6.45) is 1.28. The standard InChI is InChI=1S/C16H21NO4S/c1-16(2,3)21-15(18)17-11-13(12-17)9-10-22(19,20)14-7-5-4-6-8-14/h4-10,13H,11-12H2,1-3H3/b10-9+. The van der Waals surface area contributed by atoms with E-state index in [-0.39, 0.29) is 16.9 Å². The Morgan fingerprint density at radius 3 is 2.36 bits per heavy atom. The molecule has 0 unspecified atom stereocenters. The van der Waals surface area contributed by atoms with Crippen molar-refractivity contribution in [3.8, 4) is 0 Å². The van der Waals surface area contributed by atoms with Crippen molar-refractivity contribution in [2.24, 2.45) is 5.92 Å². The van der Waals surface area contributed by atoms with Crippen molar-refractivity contribution in [3.63, 3.8) is 0 Å². The molecule has 0 aromatic heterocycles. The fourth-order valence-corrected chi connectivity index (χ4v) is 3.14. The minimum atomic E-state index is -3.41. The molecule has 22 heavy (non-hydrogen) atoms. The van der Waals surface area contributed by atoms with Gasteiger partial charge in [0.05, 0.1) is 4.90 Å². The molecule has 0 spiro atoms. The number of carbonyl (C=O) groups is 1. The average molecular weight is 323 g/mol. The average Bonchev–Trinajstić information content (AvgIpc) is 2.35. The fraction of sp³-hybridized carbons (Fsp3) is 0.438. The second kappa shape index (κ2) is 6.12. The van der Waals surface area contributed by atoms with Gasteiger partial charge in [-0.2, -0.15) is 0 Å². The van der Waals surface area contributed by atoms with Gasteiger partial charge in [-0.25, -0.2) is 13.2 Å². The minimum Gasteiger partial charge on any atom is -0.444 e. The summed E-state index contributed by atoms with van der Waals surface area (Å²) >= 11 is 0. The van der Waals surface area contributed by atoms with Crippen LogP contribution < -0.4 is 0 Å². The second-order valence-electron chi connectivity index (χ2n) is 6.33. The summed E-state index contributed by atoms with van der Waals surface area (Å²) in [5.74, 6) is 0.0472. The maximum Gasteiger partial charge on any atom is 0.410 e. The third-order valence-electron chi connectivity index (χ3n) is 3.16. The van der Waals surface area contributed by atoms with Gasteiger partial charge in [0.15, 0.2) is 9.84 Å². The van der Waals surface area contributed by atoms with Crippen molar-refractivity contribution in [2.45, 2.75) is 31.3 Å². The fourth-order valence-electron chi connectivity index (χ4n) is 2.01. The van der Waals surface area contributed by atoms with Crippen molar-refractivity contribution < 1.29 is 17.9 Å². The number of rotatable bonds is 3. The van der Waals surface area contributed by atoms with Gasteiger partial charge in [-0.1, -0.05) is 24.3 Å². The molecule has 2 rings (SSSR count). The lowest BCUT2D eigenvalue weighted by molar-refractivity contribution is 0.00495. The number of benzene rings is 1. The van der Waals surface area contributed by atoms with Gasteiger partial charge in [0, 0.05) is 24.4 Å².